The van der Waals surface area contributed by atoms with Crippen LogP contribution in [0.5, 0.6) is 0 Å². The summed E-state index contributed by atoms with van der Waals surface area (Å²) in [5.41, 5.74) is 8.26. The fourth-order valence-corrected chi connectivity index (χ4v) is 3.04. The number of hydrogen-bond acceptors (Lipinski definition) is 3. The molecule has 0 saturated heterocycles. The summed E-state index contributed by atoms with van der Waals surface area (Å²) in [6.07, 6.45) is 1.86. The van der Waals surface area contributed by atoms with E-state index in [2.05, 4.69) is 39.1 Å². The molecule has 0 radical (unpaired) electrons. The van der Waals surface area contributed by atoms with Gasteiger partial charge in [0.15, 0.2) is 0 Å². The number of halogens is 1. The predicted molar refractivity (Wildman–Crippen MR) is 80.8 cm³/mol. The third-order valence-corrected chi connectivity index (χ3v) is 4.19. The molecule has 2 N–H and O–H groups in total. The topological polar surface area (TPSA) is 38.9 Å². The summed E-state index contributed by atoms with van der Waals surface area (Å²) in [5, 5.41) is 0. The number of thioether (sulfide) groups is 1. The van der Waals surface area contributed by atoms with Crippen LogP contribution in [0.25, 0.3) is 0 Å². The third kappa shape index (κ3) is 3.83. The first-order valence-electron chi connectivity index (χ1n) is 5.71. The first kappa shape index (κ1) is 13.6. The van der Waals surface area contributed by atoms with E-state index in [4.69, 9.17) is 5.73 Å². The Kier molecular flexibility index (Phi) is 4.80. The van der Waals surface area contributed by atoms with E-state index in [1.54, 1.807) is 11.8 Å². The summed E-state index contributed by atoms with van der Waals surface area (Å²) < 4.78 is 1.10. The quantitative estimate of drug-likeness (QED) is 0.866. The number of benzene rings is 1. The molecule has 0 aliphatic heterocycles. The van der Waals surface area contributed by atoms with Gasteiger partial charge in [0.2, 0.25) is 0 Å². The van der Waals surface area contributed by atoms with E-state index < -0.39 is 0 Å². The molecule has 1 heterocycles. The van der Waals surface area contributed by atoms with Crippen molar-refractivity contribution >= 4 is 27.7 Å². The predicted octanol–water partition coefficient (Wildman–Crippen LogP) is 3.94. The first-order chi connectivity index (χ1) is 8.65. The average Bonchev–Trinajstić information content (AvgIpc) is 2.37. The minimum Gasteiger partial charge on any atom is -0.323 e. The van der Waals surface area contributed by atoms with Crippen LogP contribution in [0.2, 0.25) is 0 Å². The zero-order valence-electron chi connectivity index (χ0n) is 10.1. The fourth-order valence-electron chi connectivity index (χ4n) is 1.54. The van der Waals surface area contributed by atoms with Gasteiger partial charge in [-0.2, -0.15) is 0 Å². The lowest BCUT2D eigenvalue weighted by molar-refractivity contribution is 0.822. The van der Waals surface area contributed by atoms with Crippen LogP contribution in [-0.2, 0) is 0 Å². The molecule has 0 aliphatic rings. The Morgan fingerprint density at radius 1 is 1.33 bits per heavy atom. The van der Waals surface area contributed by atoms with E-state index in [1.165, 1.54) is 4.90 Å². The Morgan fingerprint density at radius 3 is 2.83 bits per heavy atom. The number of nitrogens with zero attached hydrogens (tertiary/aromatic N) is 1. The second kappa shape index (κ2) is 6.36. The van der Waals surface area contributed by atoms with Gasteiger partial charge in [0, 0.05) is 33.1 Å². The van der Waals surface area contributed by atoms with Crippen molar-refractivity contribution in [2.45, 2.75) is 17.9 Å². The third-order valence-electron chi connectivity index (χ3n) is 2.59. The van der Waals surface area contributed by atoms with Crippen LogP contribution in [0.15, 0.2) is 52.0 Å². The molecular weight excluding hydrogens is 308 g/mol. The standard InChI is InChI=1S/C14H15BrN2S/c1-10-5-6-11(8-17-10)14(16)9-18-13-4-2-3-12(15)7-13/h2-8,14H,9,16H2,1H3. The Balaban J connectivity index is 1.96. The molecule has 0 bridgehead atoms. The monoisotopic (exact) mass is 322 g/mol. The average molecular weight is 323 g/mol. The maximum atomic E-state index is 6.16. The van der Waals surface area contributed by atoms with E-state index in [9.17, 15) is 0 Å². The molecule has 1 unspecified atom stereocenters. The second-order valence-electron chi connectivity index (χ2n) is 4.11. The Hall–Kier alpha value is -0.840. The second-order valence-corrected chi connectivity index (χ2v) is 6.12. The normalized spacial score (nSPS) is 12.4. The SMILES string of the molecule is Cc1ccc(C(N)CSc2cccc(Br)c2)cn1. The summed E-state index contributed by atoms with van der Waals surface area (Å²) in [6.45, 7) is 1.98. The molecule has 1 atom stereocenters. The molecule has 4 heteroatoms. The molecule has 0 saturated carbocycles. The maximum Gasteiger partial charge on any atom is 0.0405 e. The Labute approximate surface area is 120 Å². The van der Waals surface area contributed by atoms with Gasteiger partial charge in [0.25, 0.3) is 0 Å². The number of rotatable bonds is 4. The smallest absolute Gasteiger partial charge is 0.0405 e. The lowest BCUT2D eigenvalue weighted by Crippen LogP contribution is -2.13. The van der Waals surface area contributed by atoms with Gasteiger partial charge in [0.1, 0.15) is 0 Å². The fraction of sp³-hybridized carbons (Fsp3) is 0.214. The van der Waals surface area contributed by atoms with Crippen LogP contribution in [0.1, 0.15) is 17.3 Å². The van der Waals surface area contributed by atoms with Crippen LogP contribution < -0.4 is 5.73 Å². The van der Waals surface area contributed by atoms with Crippen molar-refractivity contribution in [3.63, 3.8) is 0 Å². The lowest BCUT2D eigenvalue weighted by atomic mass is 10.1. The zero-order valence-corrected chi connectivity index (χ0v) is 12.5. The summed E-state index contributed by atoms with van der Waals surface area (Å²) >= 11 is 5.23. The highest BCUT2D eigenvalue weighted by atomic mass is 79.9. The molecule has 0 aliphatic carbocycles. The minimum absolute atomic E-state index is 0.0158. The largest absolute Gasteiger partial charge is 0.323 e. The van der Waals surface area contributed by atoms with Crippen molar-refractivity contribution < 1.29 is 0 Å². The molecule has 1 aromatic carbocycles. The molecule has 18 heavy (non-hydrogen) atoms. The first-order valence-corrected chi connectivity index (χ1v) is 7.49. The molecule has 2 nitrogen and oxygen atoms in total. The molecule has 1 aromatic heterocycles. The van der Waals surface area contributed by atoms with E-state index in [-0.39, 0.29) is 6.04 Å². The number of hydrogen-bond donors (Lipinski definition) is 1. The summed E-state index contributed by atoms with van der Waals surface area (Å²) in [6, 6.07) is 12.3. The van der Waals surface area contributed by atoms with Crippen molar-refractivity contribution in [2.24, 2.45) is 5.73 Å². The summed E-state index contributed by atoms with van der Waals surface area (Å²) in [4.78, 5) is 5.49. The van der Waals surface area contributed by atoms with Crippen LogP contribution in [0.3, 0.4) is 0 Å². The number of nitrogens with two attached hydrogens (primary N) is 1. The van der Waals surface area contributed by atoms with Crippen LogP contribution in [0.4, 0.5) is 0 Å². The highest BCUT2D eigenvalue weighted by Crippen LogP contribution is 2.25. The Morgan fingerprint density at radius 2 is 2.17 bits per heavy atom. The van der Waals surface area contributed by atoms with Gasteiger partial charge in [-0.15, -0.1) is 11.8 Å². The van der Waals surface area contributed by atoms with Crippen molar-refractivity contribution in [3.05, 3.63) is 58.3 Å². The van der Waals surface area contributed by atoms with E-state index in [0.29, 0.717) is 0 Å². The van der Waals surface area contributed by atoms with Crippen molar-refractivity contribution in [2.75, 3.05) is 5.75 Å². The maximum absolute atomic E-state index is 6.16. The molecule has 94 valence electrons. The van der Waals surface area contributed by atoms with Gasteiger partial charge in [-0.05, 0) is 36.8 Å². The van der Waals surface area contributed by atoms with E-state index in [1.807, 2.05) is 31.3 Å². The highest BCUT2D eigenvalue weighted by Gasteiger charge is 2.07. The van der Waals surface area contributed by atoms with E-state index in [0.717, 1.165) is 21.5 Å². The molecule has 0 fully saturated rings. The summed E-state index contributed by atoms with van der Waals surface area (Å²) in [7, 11) is 0. The van der Waals surface area contributed by atoms with Crippen molar-refractivity contribution in [1.82, 2.24) is 4.98 Å². The highest BCUT2D eigenvalue weighted by molar-refractivity contribution is 9.10. The molecular formula is C14H15BrN2S. The number of aromatic nitrogens is 1. The number of pyridine rings is 1. The van der Waals surface area contributed by atoms with Gasteiger partial charge in [-0.25, -0.2) is 0 Å². The van der Waals surface area contributed by atoms with Crippen LogP contribution >= 0.6 is 27.7 Å². The van der Waals surface area contributed by atoms with Gasteiger partial charge in [0.05, 0.1) is 0 Å². The van der Waals surface area contributed by atoms with Crippen molar-refractivity contribution in [1.29, 1.82) is 0 Å². The van der Waals surface area contributed by atoms with Crippen LogP contribution in [0, 0.1) is 6.92 Å². The number of aryl methyl sites for hydroxylation is 1. The van der Waals surface area contributed by atoms with Crippen molar-refractivity contribution in [3.8, 4) is 0 Å². The van der Waals surface area contributed by atoms with Gasteiger partial charge >= 0.3 is 0 Å². The molecule has 2 aromatic rings. The molecule has 0 amide bonds. The van der Waals surface area contributed by atoms with Gasteiger partial charge in [-0.3, -0.25) is 4.98 Å². The van der Waals surface area contributed by atoms with Gasteiger partial charge < -0.3 is 5.73 Å². The minimum atomic E-state index is 0.0158. The molecule has 2 rings (SSSR count). The van der Waals surface area contributed by atoms with Gasteiger partial charge in [-0.1, -0.05) is 28.1 Å². The zero-order chi connectivity index (χ0) is 13.0. The summed E-state index contributed by atoms with van der Waals surface area (Å²) in [5.74, 6) is 0.848. The van der Waals surface area contributed by atoms with E-state index >= 15 is 0 Å². The molecule has 0 spiro atoms. The lowest BCUT2D eigenvalue weighted by Gasteiger charge is -2.11. The Bertz CT molecular complexity index is 513. The van der Waals surface area contributed by atoms with Crippen LogP contribution in [-0.4, -0.2) is 10.7 Å².